The van der Waals surface area contributed by atoms with Crippen molar-refractivity contribution < 1.29 is 4.39 Å². The van der Waals surface area contributed by atoms with E-state index in [1.54, 1.807) is 6.07 Å². The second kappa shape index (κ2) is 6.51. The smallest absolute Gasteiger partial charge is 0.127 e. The van der Waals surface area contributed by atoms with Crippen LogP contribution in [-0.2, 0) is 13.1 Å². The highest BCUT2D eigenvalue weighted by molar-refractivity contribution is 6.30. The van der Waals surface area contributed by atoms with Crippen LogP contribution in [0.15, 0.2) is 42.5 Å². The van der Waals surface area contributed by atoms with Gasteiger partial charge in [-0.05, 0) is 42.9 Å². The van der Waals surface area contributed by atoms with Gasteiger partial charge < -0.3 is 0 Å². The van der Waals surface area contributed by atoms with E-state index in [0.29, 0.717) is 29.2 Å². The molecule has 0 radical (unpaired) electrons. The highest BCUT2D eigenvalue weighted by atomic mass is 35.5. The molecule has 4 heteroatoms. The quantitative estimate of drug-likeness (QED) is 0.851. The Morgan fingerprint density at radius 3 is 2.70 bits per heavy atom. The fraction of sp³-hybridized carbons (Fsp3) is 0.188. The lowest BCUT2D eigenvalue weighted by molar-refractivity contribution is 0.313. The summed E-state index contributed by atoms with van der Waals surface area (Å²) in [6.45, 7) is 1.10. The van der Waals surface area contributed by atoms with E-state index in [-0.39, 0.29) is 5.82 Å². The zero-order valence-electron chi connectivity index (χ0n) is 11.1. The van der Waals surface area contributed by atoms with Crippen molar-refractivity contribution in [2.75, 3.05) is 7.05 Å². The van der Waals surface area contributed by atoms with Crippen molar-refractivity contribution in [3.63, 3.8) is 0 Å². The maximum Gasteiger partial charge on any atom is 0.127 e. The van der Waals surface area contributed by atoms with Crippen LogP contribution in [0.3, 0.4) is 0 Å². The summed E-state index contributed by atoms with van der Waals surface area (Å²) in [5.74, 6) is -0.290. The fourth-order valence-electron chi connectivity index (χ4n) is 2.06. The molecule has 0 atom stereocenters. The van der Waals surface area contributed by atoms with Crippen molar-refractivity contribution in [1.29, 1.82) is 5.26 Å². The first-order valence-corrected chi connectivity index (χ1v) is 6.58. The number of nitriles is 1. The number of halogens is 2. The minimum Gasteiger partial charge on any atom is -0.298 e. The van der Waals surface area contributed by atoms with E-state index in [2.05, 4.69) is 0 Å². The lowest BCUT2D eigenvalue weighted by atomic mass is 10.1. The normalized spacial score (nSPS) is 10.6. The Labute approximate surface area is 123 Å². The Kier molecular flexibility index (Phi) is 4.73. The molecule has 0 spiro atoms. The Morgan fingerprint density at radius 2 is 2.00 bits per heavy atom. The summed E-state index contributed by atoms with van der Waals surface area (Å²) in [5, 5.41) is 9.54. The number of rotatable bonds is 4. The van der Waals surface area contributed by atoms with Gasteiger partial charge in [0.2, 0.25) is 0 Å². The first kappa shape index (κ1) is 14.5. The molecule has 2 rings (SSSR count). The molecule has 0 fully saturated rings. The molecule has 0 amide bonds. The van der Waals surface area contributed by atoms with Crippen LogP contribution in [0.2, 0.25) is 5.02 Å². The average Bonchev–Trinajstić information content (AvgIpc) is 2.41. The summed E-state index contributed by atoms with van der Waals surface area (Å²) >= 11 is 5.94. The van der Waals surface area contributed by atoms with Crippen molar-refractivity contribution in [2.24, 2.45) is 0 Å². The molecular weight excluding hydrogens is 275 g/mol. The number of hydrogen-bond acceptors (Lipinski definition) is 2. The summed E-state index contributed by atoms with van der Waals surface area (Å²) in [5.41, 5.74) is 2.06. The lowest BCUT2D eigenvalue weighted by Crippen LogP contribution is -2.18. The fourth-order valence-corrected chi connectivity index (χ4v) is 2.27. The van der Waals surface area contributed by atoms with E-state index in [1.807, 2.05) is 42.3 Å². The molecule has 0 N–H and O–H groups in total. The van der Waals surface area contributed by atoms with Crippen molar-refractivity contribution in [3.8, 4) is 6.07 Å². The number of nitrogens with zero attached hydrogens (tertiary/aromatic N) is 2. The zero-order chi connectivity index (χ0) is 14.5. The maximum atomic E-state index is 13.7. The minimum absolute atomic E-state index is 0.290. The van der Waals surface area contributed by atoms with Crippen LogP contribution in [-0.4, -0.2) is 11.9 Å². The largest absolute Gasteiger partial charge is 0.298 e. The molecule has 0 saturated carbocycles. The van der Waals surface area contributed by atoms with Crippen LogP contribution in [0.25, 0.3) is 0 Å². The molecule has 2 aromatic rings. The predicted octanol–water partition coefficient (Wildman–Crippen LogP) is 3.98. The topological polar surface area (TPSA) is 27.0 Å². The standard InChI is InChI=1S/C16H14ClFN2/c1-20(10-13-3-2-4-15(17)8-13)11-14-7-12(9-19)5-6-16(14)18/h2-8H,10-11H2,1H3. The first-order valence-electron chi connectivity index (χ1n) is 6.20. The summed E-state index contributed by atoms with van der Waals surface area (Å²) in [7, 11) is 1.90. The van der Waals surface area contributed by atoms with Crippen LogP contribution < -0.4 is 0 Å². The van der Waals surface area contributed by atoms with E-state index < -0.39 is 0 Å². The molecule has 102 valence electrons. The third-order valence-corrected chi connectivity index (χ3v) is 3.19. The van der Waals surface area contributed by atoms with Gasteiger partial charge in [-0.2, -0.15) is 5.26 Å². The molecule has 0 saturated heterocycles. The Balaban J connectivity index is 2.08. The first-order chi connectivity index (χ1) is 9.58. The molecule has 0 aliphatic heterocycles. The average molecular weight is 289 g/mol. The Morgan fingerprint density at radius 1 is 1.20 bits per heavy atom. The molecular formula is C16H14ClFN2. The third-order valence-electron chi connectivity index (χ3n) is 2.96. The lowest BCUT2D eigenvalue weighted by Gasteiger charge is -2.17. The Bertz CT molecular complexity index is 649. The molecule has 0 aromatic heterocycles. The van der Waals surface area contributed by atoms with E-state index in [1.165, 1.54) is 12.1 Å². The van der Waals surface area contributed by atoms with Gasteiger partial charge in [0.05, 0.1) is 11.6 Å². The van der Waals surface area contributed by atoms with Gasteiger partial charge in [0.15, 0.2) is 0 Å². The summed E-state index contributed by atoms with van der Waals surface area (Å²) < 4.78 is 13.7. The van der Waals surface area contributed by atoms with Crippen LogP contribution in [0.1, 0.15) is 16.7 Å². The van der Waals surface area contributed by atoms with Crippen LogP contribution in [0, 0.1) is 17.1 Å². The molecule has 0 bridgehead atoms. The molecule has 0 unspecified atom stereocenters. The zero-order valence-corrected chi connectivity index (χ0v) is 11.9. The third kappa shape index (κ3) is 3.80. The van der Waals surface area contributed by atoms with Gasteiger partial charge in [0, 0.05) is 23.7 Å². The maximum absolute atomic E-state index is 13.7. The molecule has 0 aliphatic rings. The highest BCUT2D eigenvalue weighted by Gasteiger charge is 2.08. The highest BCUT2D eigenvalue weighted by Crippen LogP contribution is 2.16. The van der Waals surface area contributed by atoms with Crippen LogP contribution in [0.5, 0.6) is 0 Å². The Hall–Kier alpha value is -1.89. The van der Waals surface area contributed by atoms with Crippen LogP contribution >= 0.6 is 11.6 Å². The van der Waals surface area contributed by atoms with E-state index >= 15 is 0 Å². The monoisotopic (exact) mass is 288 g/mol. The summed E-state index contributed by atoms with van der Waals surface area (Å²) in [4.78, 5) is 1.98. The SMILES string of the molecule is CN(Cc1cccc(Cl)c1)Cc1cc(C#N)ccc1F. The molecule has 0 aliphatic carbocycles. The molecule has 0 heterocycles. The summed E-state index contributed by atoms with van der Waals surface area (Å²) in [6, 6.07) is 14.0. The second-order valence-electron chi connectivity index (χ2n) is 4.72. The van der Waals surface area contributed by atoms with Gasteiger partial charge in [0.1, 0.15) is 5.82 Å². The van der Waals surface area contributed by atoms with Gasteiger partial charge in [-0.3, -0.25) is 4.90 Å². The van der Waals surface area contributed by atoms with Gasteiger partial charge >= 0.3 is 0 Å². The van der Waals surface area contributed by atoms with Crippen molar-refractivity contribution in [3.05, 3.63) is 70.0 Å². The van der Waals surface area contributed by atoms with E-state index in [4.69, 9.17) is 16.9 Å². The second-order valence-corrected chi connectivity index (χ2v) is 5.16. The number of hydrogen-bond donors (Lipinski definition) is 0. The van der Waals surface area contributed by atoms with E-state index in [0.717, 1.165) is 5.56 Å². The molecule has 2 nitrogen and oxygen atoms in total. The van der Waals surface area contributed by atoms with Crippen LogP contribution in [0.4, 0.5) is 4.39 Å². The molecule has 20 heavy (non-hydrogen) atoms. The molecule has 2 aromatic carbocycles. The number of benzene rings is 2. The van der Waals surface area contributed by atoms with E-state index in [9.17, 15) is 4.39 Å². The van der Waals surface area contributed by atoms with Gasteiger partial charge in [0.25, 0.3) is 0 Å². The minimum atomic E-state index is -0.290. The van der Waals surface area contributed by atoms with Crippen molar-refractivity contribution in [2.45, 2.75) is 13.1 Å². The van der Waals surface area contributed by atoms with Crippen molar-refractivity contribution in [1.82, 2.24) is 4.90 Å². The van der Waals surface area contributed by atoms with Gasteiger partial charge in [-0.15, -0.1) is 0 Å². The summed E-state index contributed by atoms with van der Waals surface area (Å²) in [6.07, 6.45) is 0. The predicted molar refractivity (Wildman–Crippen MR) is 77.7 cm³/mol. The van der Waals surface area contributed by atoms with Gasteiger partial charge in [-0.25, -0.2) is 4.39 Å². The van der Waals surface area contributed by atoms with Gasteiger partial charge in [-0.1, -0.05) is 23.7 Å². The van der Waals surface area contributed by atoms with Crippen molar-refractivity contribution >= 4 is 11.6 Å².